The highest BCUT2D eigenvalue weighted by Crippen LogP contribution is 2.28. The third-order valence-electron chi connectivity index (χ3n) is 5.19. The molecule has 27 heavy (non-hydrogen) atoms. The Morgan fingerprint density at radius 2 is 1.89 bits per heavy atom. The topological polar surface area (TPSA) is 56.8 Å². The monoisotopic (exact) mass is 404 g/mol. The van der Waals surface area contributed by atoms with Crippen molar-refractivity contribution in [3.8, 4) is 0 Å². The summed E-state index contributed by atoms with van der Waals surface area (Å²) in [4.78, 5) is 10.4. The quantitative estimate of drug-likeness (QED) is 0.783. The Kier molecular flexibility index (Phi) is 5.32. The van der Waals surface area contributed by atoms with Gasteiger partial charge in [-0.3, -0.25) is 0 Å². The number of anilines is 1. The fourth-order valence-electron chi connectivity index (χ4n) is 3.45. The van der Waals surface area contributed by atoms with Gasteiger partial charge in [0.1, 0.15) is 10.7 Å². The van der Waals surface area contributed by atoms with Crippen LogP contribution in [0.25, 0.3) is 5.57 Å². The molecule has 6 nitrogen and oxygen atoms in total. The van der Waals surface area contributed by atoms with Crippen molar-refractivity contribution in [1.29, 1.82) is 0 Å². The molecule has 0 spiro atoms. The van der Waals surface area contributed by atoms with Crippen LogP contribution in [0.1, 0.15) is 11.3 Å². The molecule has 0 aromatic carbocycles. The lowest BCUT2D eigenvalue weighted by atomic mass is 10.1. The van der Waals surface area contributed by atoms with E-state index in [9.17, 15) is 8.42 Å². The second-order valence-corrected chi connectivity index (χ2v) is 9.85. The molecule has 2 aromatic heterocycles. The van der Waals surface area contributed by atoms with Crippen LogP contribution in [0.4, 0.5) is 5.82 Å². The average Bonchev–Trinajstić information content (AvgIpc) is 3.23. The smallest absolute Gasteiger partial charge is 0.244 e. The van der Waals surface area contributed by atoms with Crippen LogP contribution in [0.3, 0.4) is 0 Å². The van der Waals surface area contributed by atoms with Gasteiger partial charge >= 0.3 is 0 Å². The maximum absolute atomic E-state index is 12.8. The molecule has 0 aliphatic carbocycles. The van der Waals surface area contributed by atoms with E-state index in [4.69, 9.17) is 0 Å². The zero-order valence-electron chi connectivity index (χ0n) is 15.4. The normalized spacial score (nSPS) is 19.9. The van der Waals surface area contributed by atoms with E-state index in [2.05, 4.69) is 38.4 Å². The predicted octanol–water partition coefficient (Wildman–Crippen LogP) is 2.37. The van der Waals surface area contributed by atoms with Crippen molar-refractivity contribution in [3.63, 3.8) is 0 Å². The molecule has 2 aliphatic heterocycles. The van der Waals surface area contributed by atoms with Crippen LogP contribution >= 0.6 is 11.3 Å². The molecule has 0 N–H and O–H groups in total. The van der Waals surface area contributed by atoms with Crippen LogP contribution < -0.4 is 4.90 Å². The Labute approximate surface area is 164 Å². The number of hydrogen-bond donors (Lipinski definition) is 0. The minimum atomic E-state index is -3.46. The van der Waals surface area contributed by atoms with Crippen molar-refractivity contribution in [1.82, 2.24) is 14.2 Å². The summed E-state index contributed by atoms with van der Waals surface area (Å²) >= 11 is 1.77. The summed E-state index contributed by atoms with van der Waals surface area (Å²) in [5, 5.41) is 2.10. The molecule has 0 bridgehead atoms. The van der Waals surface area contributed by atoms with Crippen molar-refractivity contribution in [2.45, 2.75) is 11.3 Å². The number of piperazine rings is 1. The molecule has 0 saturated carbocycles. The highest BCUT2D eigenvalue weighted by molar-refractivity contribution is 7.89. The summed E-state index contributed by atoms with van der Waals surface area (Å²) in [6.07, 6.45) is 4.72. The number of likely N-dealkylation sites (N-methyl/N-ethyl adjacent to an activating group) is 1. The lowest BCUT2D eigenvalue weighted by molar-refractivity contribution is 0.222. The van der Waals surface area contributed by atoms with E-state index < -0.39 is 10.0 Å². The van der Waals surface area contributed by atoms with E-state index >= 15 is 0 Å². The summed E-state index contributed by atoms with van der Waals surface area (Å²) in [6.45, 7) is 4.27. The first kappa shape index (κ1) is 18.6. The standard InChI is InChI=1S/C19H24N4O2S2/c1-21-10-12-23(13-11-21)27(24,25)17-4-5-19(20-15-17)22-8-6-16(7-9-22)18-3-2-14-26-18/h2-6,14-15H,7-13H2,1H3. The van der Waals surface area contributed by atoms with Gasteiger partial charge in [-0.2, -0.15) is 4.31 Å². The summed E-state index contributed by atoms with van der Waals surface area (Å²) in [5.74, 6) is 0.828. The Morgan fingerprint density at radius 1 is 1.07 bits per heavy atom. The zero-order chi connectivity index (χ0) is 18.9. The van der Waals surface area contributed by atoms with Crippen LogP contribution in [0.15, 0.2) is 46.8 Å². The molecule has 0 unspecified atom stereocenters. The van der Waals surface area contributed by atoms with E-state index in [1.165, 1.54) is 16.6 Å². The van der Waals surface area contributed by atoms with Crippen LogP contribution in [-0.4, -0.2) is 68.9 Å². The molecule has 1 saturated heterocycles. The zero-order valence-corrected chi connectivity index (χ0v) is 17.0. The fourth-order valence-corrected chi connectivity index (χ4v) is 5.62. The molecule has 144 valence electrons. The van der Waals surface area contributed by atoms with Gasteiger partial charge in [0.15, 0.2) is 0 Å². The van der Waals surface area contributed by atoms with E-state index in [0.29, 0.717) is 13.1 Å². The van der Waals surface area contributed by atoms with Gasteiger partial charge in [0, 0.05) is 50.3 Å². The average molecular weight is 405 g/mol. The molecule has 8 heteroatoms. The van der Waals surface area contributed by atoms with E-state index in [0.717, 1.165) is 38.4 Å². The lowest BCUT2D eigenvalue weighted by Gasteiger charge is -2.31. The van der Waals surface area contributed by atoms with Crippen LogP contribution in [-0.2, 0) is 10.0 Å². The first-order chi connectivity index (χ1) is 13.0. The lowest BCUT2D eigenvalue weighted by Crippen LogP contribution is -2.47. The minimum absolute atomic E-state index is 0.280. The number of nitrogens with zero attached hydrogens (tertiary/aromatic N) is 4. The molecule has 1 fully saturated rings. The SMILES string of the molecule is CN1CCN(S(=O)(=O)c2ccc(N3CC=C(c4cccs4)CC3)nc2)CC1. The van der Waals surface area contributed by atoms with Gasteiger partial charge in [-0.05, 0) is 42.6 Å². The summed E-state index contributed by atoms with van der Waals surface area (Å²) in [5.41, 5.74) is 1.38. The largest absolute Gasteiger partial charge is 0.353 e. The van der Waals surface area contributed by atoms with Gasteiger partial charge in [-0.15, -0.1) is 11.3 Å². The molecular formula is C19H24N4O2S2. The number of rotatable bonds is 4. The van der Waals surface area contributed by atoms with Gasteiger partial charge in [0.2, 0.25) is 10.0 Å². The Morgan fingerprint density at radius 3 is 2.48 bits per heavy atom. The summed E-state index contributed by atoms with van der Waals surface area (Å²) in [7, 11) is -1.45. The Bertz CT molecular complexity index is 900. The Hall–Kier alpha value is -1.74. The highest BCUT2D eigenvalue weighted by atomic mass is 32.2. The minimum Gasteiger partial charge on any atom is -0.353 e. The third kappa shape index (κ3) is 3.94. The van der Waals surface area contributed by atoms with Crippen molar-refractivity contribution in [2.75, 3.05) is 51.2 Å². The number of pyridine rings is 1. The van der Waals surface area contributed by atoms with Crippen LogP contribution in [0.2, 0.25) is 0 Å². The molecule has 0 amide bonds. The van der Waals surface area contributed by atoms with Gasteiger partial charge in [0.25, 0.3) is 0 Å². The Balaban J connectivity index is 1.45. The van der Waals surface area contributed by atoms with Gasteiger partial charge in [-0.25, -0.2) is 13.4 Å². The molecule has 4 rings (SSSR count). The van der Waals surface area contributed by atoms with Crippen molar-refractivity contribution in [3.05, 3.63) is 46.8 Å². The third-order valence-corrected chi connectivity index (χ3v) is 8.02. The number of sulfonamides is 1. The first-order valence-electron chi connectivity index (χ1n) is 9.17. The van der Waals surface area contributed by atoms with E-state index in [1.807, 2.05) is 13.1 Å². The van der Waals surface area contributed by atoms with Gasteiger partial charge in [-0.1, -0.05) is 12.1 Å². The first-order valence-corrected chi connectivity index (χ1v) is 11.5. The molecule has 0 radical (unpaired) electrons. The molecule has 4 heterocycles. The summed E-state index contributed by atoms with van der Waals surface area (Å²) < 4.78 is 27.2. The molecule has 0 atom stereocenters. The fraction of sp³-hybridized carbons (Fsp3) is 0.421. The molecular weight excluding hydrogens is 380 g/mol. The maximum Gasteiger partial charge on any atom is 0.244 e. The van der Waals surface area contributed by atoms with E-state index in [-0.39, 0.29) is 4.90 Å². The van der Waals surface area contributed by atoms with Gasteiger partial charge < -0.3 is 9.80 Å². The summed E-state index contributed by atoms with van der Waals surface area (Å²) in [6, 6.07) is 7.75. The number of thiophene rings is 1. The van der Waals surface area contributed by atoms with E-state index in [1.54, 1.807) is 21.7 Å². The van der Waals surface area contributed by atoms with Crippen molar-refractivity contribution < 1.29 is 8.42 Å². The highest BCUT2D eigenvalue weighted by Gasteiger charge is 2.28. The van der Waals surface area contributed by atoms with Crippen molar-refractivity contribution >= 4 is 32.8 Å². The molecule has 2 aromatic rings. The number of aromatic nitrogens is 1. The van der Waals surface area contributed by atoms with Crippen LogP contribution in [0, 0.1) is 0 Å². The van der Waals surface area contributed by atoms with Crippen LogP contribution in [0.5, 0.6) is 0 Å². The predicted molar refractivity (Wildman–Crippen MR) is 110 cm³/mol. The molecule has 2 aliphatic rings. The number of hydrogen-bond acceptors (Lipinski definition) is 6. The second kappa shape index (κ2) is 7.71. The second-order valence-electron chi connectivity index (χ2n) is 6.96. The van der Waals surface area contributed by atoms with Crippen molar-refractivity contribution in [2.24, 2.45) is 0 Å². The van der Waals surface area contributed by atoms with Gasteiger partial charge in [0.05, 0.1) is 0 Å². The maximum atomic E-state index is 12.8.